The second-order valence-electron chi connectivity index (χ2n) is 7.44. The largest absolute Gasteiger partial charge is 0.442 e. The van der Waals surface area contributed by atoms with Gasteiger partial charge in [0.05, 0.1) is 28.8 Å². The number of hydrogen-bond acceptors (Lipinski definition) is 7. The number of carbonyl (C=O) groups is 2. The van der Waals surface area contributed by atoms with E-state index in [1.54, 1.807) is 17.0 Å². The molecule has 1 saturated heterocycles. The van der Waals surface area contributed by atoms with E-state index < -0.39 is 0 Å². The van der Waals surface area contributed by atoms with Crippen LogP contribution >= 0.6 is 22.9 Å². The Bertz CT molecular complexity index is 941. The monoisotopic (exact) mass is 449 g/mol. The van der Waals surface area contributed by atoms with Gasteiger partial charge in [0.1, 0.15) is 11.9 Å². The van der Waals surface area contributed by atoms with Gasteiger partial charge in [0, 0.05) is 25.0 Å². The molecule has 1 fully saturated rings. The summed E-state index contributed by atoms with van der Waals surface area (Å²) < 4.78 is 6.00. The number of hydrazone groups is 1. The third-order valence-electron chi connectivity index (χ3n) is 5.41. The van der Waals surface area contributed by atoms with E-state index in [2.05, 4.69) is 15.3 Å². The van der Waals surface area contributed by atoms with Crippen LogP contribution in [0.2, 0.25) is 4.34 Å². The molecule has 1 atom stereocenters. The number of amidine groups is 1. The molecule has 4 rings (SSSR count). The molecule has 160 valence electrons. The second-order valence-corrected chi connectivity index (χ2v) is 9.15. The highest BCUT2D eigenvalue weighted by Gasteiger charge is 2.34. The van der Waals surface area contributed by atoms with Gasteiger partial charge in [-0.15, -0.1) is 11.3 Å². The van der Waals surface area contributed by atoms with Crippen molar-refractivity contribution in [1.82, 2.24) is 20.1 Å². The number of rotatable bonds is 5. The zero-order chi connectivity index (χ0) is 21.3. The van der Waals surface area contributed by atoms with E-state index in [0.29, 0.717) is 15.8 Å². The number of likely N-dealkylation sites (N-methyl/N-ethyl adjacent to an activating group) is 1. The number of ether oxygens (including phenoxy) is 1. The average Bonchev–Trinajstić information content (AvgIpc) is 3.34. The van der Waals surface area contributed by atoms with Crippen LogP contribution in [0.5, 0.6) is 0 Å². The van der Waals surface area contributed by atoms with Gasteiger partial charge in [-0.1, -0.05) is 11.6 Å². The molecule has 0 radical (unpaired) electrons. The van der Waals surface area contributed by atoms with Crippen molar-refractivity contribution in [3.05, 3.63) is 44.9 Å². The standard InChI is InChI=1S/C20H24ClN5O3S/c1-13-23-26(10-9-24(13)2)15-5-3-14(4-6-15)25-12-16(29-20(25)28)11-22-19(27)17-7-8-18(21)30-17/h3,5,7-8,16H,4,6,9-12H2,1-2H3,(H,22,27)/t16-/m0/s1. The van der Waals surface area contributed by atoms with Gasteiger partial charge in [0.15, 0.2) is 0 Å². The van der Waals surface area contributed by atoms with Gasteiger partial charge in [-0.05, 0) is 44.1 Å². The van der Waals surface area contributed by atoms with E-state index in [4.69, 9.17) is 16.3 Å². The predicted molar refractivity (Wildman–Crippen MR) is 116 cm³/mol. The Kier molecular flexibility index (Phi) is 6.01. The normalized spacial score (nSPS) is 21.8. The minimum atomic E-state index is -0.381. The van der Waals surface area contributed by atoms with Crippen molar-refractivity contribution in [2.45, 2.75) is 25.9 Å². The van der Waals surface area contributed by atoms with Gasteiger partial charge < -0.3 is 15.0 Å². The van der Waals surface area contributed by atoms with Crippen molar-refractivity contribution in [2.24, 2.45) is 5.10 Å². The smallest absolute Gasteiger partial charge is 0.414 e. The molecule has 1 aromatic rings. The summed E-state index contributed by atoms with van der Waals surface area (Å²) in [7, 11) is 2.04. The molecule has 30 heavy (non-hydrogen) atoms. The van der Waals surface area contributed by atoms with Gasteiger partial charge in [-0.2, -0.15) is 5.10 Å². The van der Waals surface area contributed by atoms with Crippen molar-refractivity contribution in [3.8, 4) is 0 Å². The number of cyclic esters (lactones) is 1. The van der Waals surface area contributed by atoms with E-state index in [-0.39, 0.29) is 24.6 Å². The Morgan fingerprint density at radius 2 is 2.07 bits per heavy atom. The first kappa shape index (κ1) is 20.7. The lowest BCUT2D eigenvalue weighted by atomic mass is 10.1. The van der Waals surface area contributed by atoms with Gasteiger partial charge in [-0.25, -0.2) is 4.79 Å². The van der Waals surface area contributed by atoms with Crippen molar-refractivity contribution >= 4 is 40.8 Å². The maximum atomic E-state index is 12.3. The van der Waals surface area contributed by atoms with Crippen molar-refractivity contribution in [2.75, 3.05) is 33.2 Å². The minimum Gasteiger partial charge on any atom is -0.442 e. The number of hydrogen-bond donors (Lipinski definition) is 1. The Hall–Kier alpha value is -2.52. The van der Waals surface area contributed by atoms with Crippen LogP contribution < -0.4 is 5.32 Å². The average molecular weight is 450 g/mol. The molecule has 1 N–H and O–H groups in total. The Labute approximate surface area is 184 Å². The molecule has 0 spiro atoms. The fraction of sp³-hybridized carbons (Fsp3) is 0.450. The molecule has 0 bridgehead atoms. The fourth-order valence-corrected chi connectivity index (χ4v) is 4.52. The second kappa shape index (κ2) is 8.69. The summed E-state index contributed by atoms with van der Waals surface area (Å²) in [5.41, 5.74) is 2.08. The molecule has 3 heterocycles. The molecule has 0 unspecified atom stereocenters. The third-order valence-corrected chi connectivity index (χ3v) is 6.64. The highest BCUT2D eigenvalue weighted by Crippen LogP contribution is 2.28. The molecular weight excluding hydrogens is 426 g/mol. The fourth-order valence-electron chi connectivity index (χ4n) is 3.56. The van der Waals surface area contributed by atoms with Crippen LogP contribution in [0.15, 0.2) is 40.8 Å². The highest BCUT2D eigenvalue weighted by atomic mass is 35.5. The number of amides is 2. The van der Waals surface area contributed by atoms with Crippen molar-refractivity contribution in [1.29, 1.82) is 0 Å². The Balaban J connectivity index is 1.34. The van der Waals surface area contributed by atoms with Crippen LogP contribution in [0.3, 0.4) is 0 Å². The summed E-state index contributed by atoms with van der Waals surface area (Å²) >= 11 is 7.09. The third kappa shape index (κ3) is 4.46. The number of allylic oxidation sites excluding steroid dienone is 4. The van der Waals surface area contributed by atoms with Crippen molar-refractivity contribution < 1.29 is 14.3 Å². The molecule has 0 aromatic carbocycles. The lowest BCUT2D eigenvalue weighted by molar-refractivity contribution is 0.0919. The van der Waals surface area contributed by atoms with E-state index in [0.717, 1.165) is 43.2 Å². The number of nitrogens with zero attached hydrogens (tertiary/aromatic N) is 4. The molecular formula is C20H24ClN5O3S. The lowest BCUT2D eigenvalue weighted by Crippen LogP contribution is -2.40. The first-order valence-electron chi connectivity index (χ1n) is 9.86. The number of carbonyl (C=O) groups excluding carboxylic acids is 2. The molecule has 10 heteroatoms. The lowest BCUT2D eigenvalue weighted by Gasteiger charge is -2.33. The van der Waals surface area contributed by atoms with Crippen LogP contribution in [-0.4, -0.2) is 72.0 Å². The van der Waals surface area contributed by atoms with E-state index in [9.17, 15) is 9.59 Å². The summed E-state index contributed by atoms with van der Waals surface area (Å²) in [4.78, 5) is 28.8. The zero-order valence-electron chi connectivity index (χ0n) is 16.9. The maximum Gasteiger partial charge on any atom is 0.414 e. The summed E-state index contributed by atoms with van der Waals surface area (Å²) in [6.07, 6.45) is 4.81. The van der Waals surface area contributed by atoms with Crippen LogP contribution in [0, 0.1) is 0 Å². The predicted octanol–water partition coefficient (Wildman–Crippen LogP) is 3.09. The van der Waals surface area contributed by atoms with Gasteiger partial charge in [0.25, 0.3) is 5.91 Å². The molecule has 1 aliphatic carbocycles. The van der Waals surface area contributed by atoms with E-state index in [1.165, 1.54) is 11.3 Å². The molecule has 2 amide bonds. The van der Waals surface area contributed by atoms with Crippen LogP contribution in [0.1, 0.15) is 29.4 Å². The molecule has 0 saturated carbocycles. The van der Waals surface area contributed by atoms with Crippen LogP contribution in [0.25, 0.3) is 0 Å². The van der Waals surface area contributed by atoms with Crippen LogP contribution in [0.4, 0.5) is 4.79 Å². The van der Waals surface area contributed by atoms with E-state index in [1.807, 2.05) is 31.1 Å². The summed E-state index contributed by atoms with van der Waals surface area (Å²) in [5, 5.41) is 9.48. The molecule has 2 aliphatic heterocycles. The molecule has 1 aromatic heterocycles. The highest BCUT2D eigenvalue weighted by molar-refractivity contribution is 7.17. The number of nitrogens with one attached hydrogen (secondary N) is 1. The van der Waals surface area contributed by atoms with E-state index >= 15 is 0 Å². The number of thiophene rings is 1. The quantitative estimate of drug-likeness (QED) is 0.747. The van der Waals surface area contributed by atoms with Gasteiger partial charge in [-0.3, -0.25) is 14.7 Å². The Morgan fingerprint density at radius 1 is 1.30 bits per heavy atom. The first-order chi connectivity index (χ1) is 14.4. The van der Waals surface area contributed by atoms with Gasteiger partial charge in [0.2, 0.25) is 0 Å². The molecule has 3 aliphatic rings. The zero-order valence-corrected chi connectivity index (χ0v) is 18.5. The topological polar surface area (TPSA) is 77.5 Å². The SMILES string of the molecule is CC1=NN(C2=CC=C(N3C[C@H](CNC(=O)c4ccc(Cl)s4)OC3=O)CC2)CCN1C. The minimum absolute atomic E-state index is 0.214. The summed E-state index contributed by atoms with van der Waals surface area (Å²) in [6, 6.07) is 3.36. The summed E-state index contributed by atoms with van der Waals surface area (Å²) in [6.45, 7) is 4.48. The summed E-state index contributed by atoms with van der Waals surface area (Å²) in [5.74, 6) is 0.781. The van der Waals surface area contributed by atoms with Crippen LogP contribution in [-0.2, 0) is 4.74 Å². The van der Waals surface area contributed by atoms with Crippen molar-refractivity contribution in [3.63, 3.8) is 0 Å². The number of halogens is 1. The maximum absolute atomic E-state index is 12.3. The molecule has 8 nitrogen and oxygen atoms in total. The van der Waals surface area contributed by atoms with Gasteiger partial charge >= 0.3 is 6.09 Å². The first-order valence-corrected chi connectivity index (χ1v) is 11.1. The Morgan fingerprint density at radius 3 is 2.73 bits per heavy atom.